The number of hydrogen-bond donors (Lipinski definition) is 0. The van der Waals surface area contributed by atoms with Gasteiger partial charge in [-0.3, -0.25) is 4.68 Å². The molecule has 1 aromatic heterocycles. The van der Waals surface area contributed by atoms with E-state index in [4.69, 9.17) is 23.2 Å². The summed E-state index contributed by atoms with van der Waals surface area (Å²) in [4.78, 5) is 0. The van der Waals surface area contributed by atoms with Crippen LogP contribution in [-0.4, -0.2) is 15.2 Å². The Bertz CT molecular complexity index is 347. The molecule has 0 aromatic carbocycles. The molecule has 0 fully saturated rings. The Hall–Kier alpha value is -0.210. The van der Waals surface area contributed by atoms with E-state index in [0.29, 0.717) is 5.38 Å². The van der Waals surface area contributed by atoms with E-state index in [1.54, 1.807) is 0 Å². The van der Waals surface area contributed by atoms with E-state index in [0.717, 1.165) is 55.1 Å². The number of aromatic nitrogens is 2. The molecule has 4 heteroatoms. The Morgan fingerprint density at radius 3 is 2.59 bits per heavy atom. The van der Waals surface area contributed by atoms with Gasteiger partial charge in [0.15, 0.2) is 0 Å². The topological polar surface area (TPSA) is 17.8 Å². The lowest BCUT2D eigenvalue weighted by Crippen LogP contribution is -2.05. The van der Waals surface area contributed by atoms with Crippen LogP contribution in [-0.2, 0) is 13.0 Å². The second kappa shape index (κ2) is 7.27. The second-order valence-corrected chi connectivity index (χ2v) is 5.44. The molecule has 1 unspecified atom stereocenters. The largest absolute Gasteiger partial charge is 0.268 e. The number of alkyl halides is 1. The van der Waals surface area contributed by atoms with E-state index in [1.807, 2.05) is 11.6 Å². The number of aryl methyl sites for hydroxylation is 2. The van der Waals surface area contributed by atoms with Gasteiger partial charge in [-0.15, -0.1) is 11.6 Å². The zero-order valence-corrected chi connectivity index (χ0v) is 12.5. The van der Waals surface area contributed by atoms with Crippen molar-refractivity contribution in [2.75, 3.05) is 0 Å². The van der Waals surface area contributed by atoms with Gasteiger partial charge in [0.2, 0.25) is 0 Å². The summed E-state index contributed by atoms with van der Waals surface area (Å²) in [6.07, 6.45) is 5.36. The number of rotatable bonds is 7. The zero-order chi connectivity index (χ0) is 12.8. The van der Waals surface area contributed by atoms with E-state index in [1.165, 1.54) is 0 Å². The Morgan fingerprint density at radius 2 is 2.00 bits per heavy atom. The minimum absolute atomic E-state index is 0.304. The van der Waals surface area contributed by atoms with E-state index < -0.39 is 0 Å². The molecular weight excluding hydrogens is 255 g/mol. The van der Waals surface area contributed by atoms with Crippen LogP contribution in [0.5, 0.6) is 0 Å². The molecule has 1 rings (SSSR count). The van der Waals surface area contributed by atoms with Crippen LogP contribution in [0.25, 0.3) is 0 Å². The van der Waals surface area contributed by atoms with Crippen LogP contribution < -0.4 is 0 Å². The van der Waals surface area contributed by atoms with Crippen molar-refractivity contribution in [2.24, 2.45) is 0 Å². The van der Waals surface area contributed by atoms with Crippen LogP contribution in [0.3, 0.4) is 0 Å². The first kappa shape index (κ1) is 14.8. The molecule has 0 saturated carbocycles. The fourth-order valence-electron chi connectivity index (χ4n) is 2.06. The average molecular weight is 277 g/mol. The Balaban J connectivity index is 2.51. The molecule has 0 N–H and O–H groups in total. The van der Waals surface area contributed by atoms with Gasteiger partial charge in [0.1, 0.15) is 0 Å². The van der Waals surface area contributed by atoms with Crippen LogP contribution in [0.4, 0.5) is 0 Å². The third-order valence-corrected chi connectivity index (χ3v) is 3.91. The van der Waals surface area contributed by atoms with E-state index in [-0.39, 0.29) is 0 Å². The summed E-state index contributed by atoms with van der Waals surface area (Å²) in [5, 5.41) is 5.55. The predicted molar refractivity (Wildman–Crippen MR) is 75.1 cm³/mol. The quantitative estimate of drug-likeness (QED) is 0.666. The Morgan fingerprint density at radius 1 is 1.29 bits per heavy atom. The van der Waals surface area contributed by atoms with Crippen LogP contribution in [0, 0.1) is 6.92 Å². The van der Waals surface area contributed by atoms with E-state index >= 15 is 0 Å². The fraction of sp³-hybridized carbons (Fsp3) is 0.769. The van der Waals surface area contributed by atoms with Gasteiger partial charge in [0.05, 0.1) is 16.4 Å². The standard InChI is InChI=1S/C13H22Cl2N2/c1-4-7-11(14)8-6-9-12-13(15)10(3)16-17(12)5-2/h11H,4-9H2,1-3H3. The van der Waals surface area contributed by atoms with Gasteiger partial charge in [-0.1, -0.05) is 24.9 Å². The first-order valence-electron chi connectivity index (χ1n) is 6.45. The smallest absolute Gasteiger partial charge is 0.0847 e. The van der Waals surface area contributed by atoms with Crippen LogP contribution in [0.1, 0.15) is 50.9 Å². The maximum Gasteiger partial charge on any atom is 0.0847 e. The Kier molecular flexibility index (Phi) is 6.35. The highest BCUT2D eigenvalue weighted by Crippen LogP contribution is 2.23. The van der Waals surface area contributed by atoms with Crippen molar-refractivity contribution >= 4 is 23.2 Å². The molecule has 1 heterocycles. The van der Waals surface area contributed by atoms with Crippen molar-refractivity contribution in [2.45, 2.75) is 64.8 Å². The van der Waals surface area contributed by atoms with Gasteiger partial charge < -0.3 is 0 Å². The molecule has 0 aliphatic heterocycles. The Labute approximate surface area is 114 Å². The molecule has 1 atom stereocenters. The van der Waals surface area contributed by atoms with Gasteiger partial charge in [0, 0.05) is 11.9 Å². The summed E-state index contributed by atoms with van der Waals surface area (Å²) in [6.45, 7) is 7.09. The summed E-state index contributed by atoms with van der Waals surface area (Å²) in [5.74, 6) is 0. The third-order valence-electron chi connectivity index (χ3n) is 2.99. The van der Waals surface area contributed by atoms with Crippen molar-refractivity contribution in [3.63, 3.8) is 0 Å². The van der Waals surface area contributed by atoms with Crippen molar-refractivity contribution in [3.8, 4) is 0 Å². The minimum atomic E-state index is 0.304. The van der Waals surface area contributed by atoms with Crippen LogP contribution in [0.2, 0.25) is 5.02 Å². The molecule has 17 heavy (non-hydrogen) atoms. The number of nitrogens with zero attached hydrogens (tertiary/aromatic N) is 2. The van der Waals surface area contributed by atoms with Crippen molar-refractivity contribution < 1.29 is 0 Å². The normalized spacial score (nSPS) is 13.0. The molecule has 0 saturated heterocycles. The molecule has 0 aliphatic carbocycles. The van der Waals surface area contributed by atoms with Gasteiger partial charge >= 0.3 is 0 Å². The molecule has 0 aliphatic rings. The highest BCUT2D eigenvalue weighted by Gasteiger charge is 2.12. The second-order valence-electron chi connectivity index (χ2n) is 4.44. The maximum atomic E-state index is 6.25. The highest BCUT2D eigenvalue weighted by atomic mass is 35.5. The monoisotopic (exact) mass is 276 g/mol. The molecule has 0 radical (unpaired) electrons. The zero-order valence-electron chi connectivity index (χ0n) is 11.0. The maximum absolute atomic E-state index is 6.25. The fourth-order valence-corrected chi connectivity index (χ4v) is 2.66. The third kappa shape index (κ3) is 4.18. The first-order valence-corrected chi connectivity index (χ1v) is 7.27. The van der Waals surface area contributed by atoms with Crippen molar-refractivity contribution in [1.82, 2.24) is 9.78 Å². The minimum Gasteiger partial charge on any atom is -0.268 e. The molecule has 98 valence electrons. The van der Waals surface area contributed by atoms with Crippen LogP contribution >= 0.6 is 23.2 Å². The molecule has 0 amide bonds. The van der Waals surface area contributed by atoms with Gasteiger partial charge in [-0.25, -0.2) is 0 Å². The van der Waals surface area contributed by atoms with Crippen molar-refractivity contribution in [3.05, 3.63) is 16.4 Å². The van der Waals surface area contributed by atoms with Crippen LogP contribution in [0.15, 0.2) is 0 Å². The number of halogens is 2. The number of hydrogen-bond acceptors (Lipinski definition) is 1. The first-order chi connectivity index (χ1) is 8.10. The highest BCUT2D eigenvalue weighted by molar-refractivity contribution is 6.31. The average Bonchev–Trinajstić information content (AvgIpc) is 2.57. The lowest BCUT2D eigenvalue weighted by molar-refractivity contribution is 0.584. The van der Waals surface area contributed by atoms with Gasteiger partial charge in [0.25, 0.3) is 0 Å². The summed E-state index contributed by atoms with van der Waals surface area (Å²) in [5.41, 5.74) is 2.09. The molecule has 0 spiro atoms. The summed E-state index contributed by atoms with van der Waals surface area (Å²) in [6, 6.07) is 0. The van der Waals surface area contributed by atoms with Crippen molar-refractivity contribution in [1.29, 1.82) is 0 Å². The summed E-state index contributed by atoms with van der Waals surface area (Å²) < 4.78 is 2.00. The lowest BCUT2D eigenvalue weighted by atomic mass is 10.1. The van der Waals surface area contributed by atoms with Gasteiger partial charge in [-0.05, 0) is 39.5 Å². The van der Waals surface area contributed by atoms with E-state index in [2.05, 4.69) is 18.9 Å². The lowest BCUT2D eigenvalue weighted by Gasteiger charge is -2.08. The predicted octanol–water partition coefficient (Wildman–Crippen LogP) is 4.60. The molecule has 0 bridgehead atoms. The SMILES string of the molecule is CCCC(Cl)CCCc1c(Cl)c(C)nn1CC. The molecular formula is C13H22Cl2N2. The van der Waals surface area contributed by atoms with Gasteiger partial charge in [-0.2, -0.15) is 5.10 Å². The molecule has 2 nitrogen and oxygen atoms in total. The molecule has 1 aromatic rings. The van der Waals surface area contributed by atoms with E-state index in [9.17, 15) is 0 Å². The summed E-state index contributed by atoms with van der Waals surface area (Å²) >= 11 is 12.5. The summed E-state index contributed by atoms with van der Waals surface area (Å²) in [7, 11) is 0.